The highest BCUT2D eigenvalue weighted by Gasteiger charge is 2.18. The molecule has 0 aliphatic heterocycles. The zero-order chi connectivity index (χ0) is 19.1. The first-order valence-corrected chi connectivity index (χ1v) is 9.87. The minimum absolute atomic E-state index is 0.323. The first-order chi connectivity index (χ1) is 13.2. The highest BCUT2D eigenvalue weighted by Crippen LogP contribution is 2.30. The normalized spacial score (nSPS) is 10.9. The van der Waals surface area contributed by atoms with Gasteiger partial charge in [0.15, 0.2) is 11.0 Å². The number of rotatable bonds is 9. The Bertz CT molecular complexity index is 868. The van der Waals surface area contributed by atoms with Crippen molar-refractivity contribution in [2.75, 3.05) is 25.6 Å². The van der Waals surface area contributed by atoms with E-state index in [-0.39, 0.29) is 5.82 Å². The monoisotopic (exact) mass is 387 g/mol. The van der Waals surface area contributed by atoms with Crippen LogP contribution in [0.1, 0.15) is 13.8 Å². The molecule has 5 nitrogen and oxygen atoms in total. The van der Waals surface area contributed by atoms with Crippen LogP contribution >= 0.6 is 11.8 Å². The van der Waals surface area contributed by atoms with Crippen LogP contribution in [0.5, 0.6) is 5.75 Å². The second-order valence-corrected chi connectivity index (χ2v) is 6.66. The van der Waals surface area contributed by atoms with Crippen LogP contribution < -0.4 is 4.74 Å². The predicted molar refractivity (Wildman–Crippen MR) is 105 cm³/mol. The summed E-state index contributed by atoms with van der Waals surface area (Å²) in [5.41, 5.74) is 1.26. The molecule has 0 unspecified atom stereocenters. The van der Waals surface area contributed by atoms with Crippen molar-refractivity contribution < 1.29 is 13.9 Å². The topological polar surface area (TPSA) is 49.2 Å². The standard InChI is InChI=1S/C20H22FN3O2S/c1-3-25-13-14-27-20-23-22-19(15-9-11-16(12-10-15)26-4-2)24(20)18-8-6-5-7-17(18)21/h5-12H,3-4,13-14H2,1-2H3. The van der Waals surface area contributed by atoms with Crippen molar-refractivity contribution >= 4 is 11.8 Å². The summed E-state index contributed by atoms with van der Waals surface area (Å²) in [5, 5.41) is 9.24. The highest BCUT2D eigenvalue weighted by atomic mass is 32.2. The van der Waals surface area contributed by atoms with E-state index in [9.17, 15) is 4.39 Å². The Balaban J connectivity index is 1.98. The van der Waals surface area contributed by atoms with E-state index in [0.29, 0.717) is 42.2 Å². The highest BCUT2D eigenvalue weighted by molar-refractivity contribution is 7.99. The van der Waals surface area contributed by atoms with Crippen LogP contribution in [-0.2, 0) is 4.74 Å². The number of nitrogens with zero attached hydrogens (tertiary/aromatic N) is 3. The minimum Gasteiger partial charge on any atom is -0.494 e. The summed E-state index contributed by atoms with van der Waals surface area (Å²) < 4.78 is 27.1. The van der Waals surface area contributed by atoms with Gasteiger partial charge in [-0.25, -0.2) is 4.39 Å². The lowest BCUT2D eigenvalue weighted by Gasteiger charge is -2.11. The summed E-state index contributed by atoms with van der Waals surface area (Å²) in [4.78, 5) is 0. The van der Waals surface area contributed by atoms with E-state index in [1.165, 1.54) is 17.8 Å². The number of benzene rings is 2. The smallest absolute Gasteiger partial charge is 0.196 e. The fourth-order valence-corrected chi connectivity index (χ4v) is 3.40. The Hall–Kier alpha value is -2.38. The third-order valence-electron chi connectivity index (χ3n) is 3.81. The van der Waals surface area contributed by atoms with E-state index in [1.54, 1.807) is 22.8 Å². The van der Waals surface area contributed by atoms with E-state index in [4.69, 9.17) is 9.47 Å². The number of halogens is 1. The molecule has 0 aliphatic rings. The number of para-hydroxylation sites is 1. The quantitative estimate of drug-likeness (QED) is 0.397. The van der Waals surface area contributed by atoms with Crippen molar-refractivity contribution in [3.05, 3.63) is 54.3 Å². The molecule has 0 spiro atoms. The maximum atomic E-state index is 14.5. The predicted octanol–water partition coefficient (Wildman–Crippen LogP) is 4.60. The molecule has 0 saturated heterocycles. The first kappa shape index (κ1) is 19.4. The third kappa shape index (κ3) is 4.67. The molecule has 0 atom stereocenters. The zero-order valence-corrected chi connectivity index (χ0v) is 16.2. The average molecular weight is 387 g/mol. The van der Waals surface area contributed by atoms with Crippen molar-refractivity contribution in [1.29, 1.82) is 0 Å². The van der Waals surface area contributed by atoms with Crippen molar-refractivity contribution in [3.63, 3.8) is 0 Å². The van der Waals surface area contributed by atoms with Crippen molar-refractivity contribution in [2.45, 2.75) is 19.0 Å². The third-order valence-corrected chi connectivity index (χ3v) is 4.71. The molecule has 2 aromatic carbocycles. The van der Waals surface area contributed by atoms with E-state index in [1.807, 2.05) is 38.1 Å². The molecule has 7 heteroatoms. The summed E-state index contributed by atoms with van der Waals surface area (Å²) in [6.07, 6.45) is 0. The Kier molecular flexibility index (Phi) is 6.84. The van der Waals surface area contributed by atoms with Crippen LogP contribution in [0.25, 0.3) is 17.1 Å². The van der Waals surface area contributed by atoms with Gasteiger partial charge in [0.25, 0.3) is 0 Å². The lowest BCUT2D eigenvalue weighted by atomic mass is 10.2. The summed E-state index contributed by atoms with van der Waals surface area (Å²) in [6.45, 7) is 5.76. The Morgan fingerprint density at radius 1 is 1.00 bits per heavy atom. The molecule has 0 amide bonds. The summed E-state index contributed by atoms with van der Waals surface area (Å²) in [6, 6.07) is 14.2. The number of hydrogen-bond acceptors (Lipinski definition) is 5. The largest absolute Gasteiger partial charge is 0.494 e. The van der Waals surface area contributed by atoms with E-state index in [2.05, 4.69) is 10.2 Å². The van der Waals surface area contributed by atoms with Gasteiger partial charge >= 0.3 is 0 Å². The second kappa shape index (κ2) is 9.53. The maximum absolute atomic E-state index is 14.5. The number of thioether (sulfide) groups is 1. The van der Waals surface area contributed by atoms with E-state index in [0.717, 1.165) is 11.3 Å². The van der Waals surface area contributed by atoms with Gasteiger partial charge in [0.1, 0.15) is 11.6 Å². The molecule has 0 saturated carbocycles. The fraction of sp³-hybridized carbons (Fsp3) is 0.300. The van der Waals surface area contributed by atoms with Gasteiger partial charge in [-0.3, -0.25) is 4.57 Å². The minimum atomic E-state index is -0.323. The van der Waals surface area contributed by atoms with Crippen molar-refractivity contribution in [3.8, 4) is 22.8 Å². The van der Waals surface area contributed by atoms with Crippen molar-refractivity contribution in [1.82, 2.24) is 14.8 Å². The van der Waals surface area contributed by atoms with Gasteiger partial charge in [0, 0.05) is 17.9 Å². The first-order valence-electron chi connectivity index (χ1n) is 8.88. The zero-order valence-electron chi connectivity index (χ0n) is 15.4. The van der Waals surface area contributed by atoms with Crippen LogP contribution in [0.4, 0.5) is 4.39 Å². The Morgan fingerprint density at radius 3 is 2.48 bits per heavy atom. The number of ether oxygens (including phenoxy) is 2. The van der Waals surface area contributed by atoms with Gasteiger partial charge in [0.2, 0.25) is 0 Å². The van der Waals surface area contributed by atoms with Gasteiger partial charge in [-0.05, 0) is 50.2 Å². The molecule has 0 aliphatic carbocycles. The van der Waals surface area contributed by atoms with Gasteiger partial charge < -0.3 is 9.47 Å². The van der Waals surface area contributed by atoms with Crippen LogP contribution in [0.15, 0.2) is 53.7 Å². The molecule has 0 bridgehead atoms. The number of hydrogen-bond donors (Lipinski definition) is 0. The van der Waals surface area contributed by atoms with E-state index < -0.39 is 0 Å². The SMILES string of the molecule is CCOCCSc1nnc(-c2ccc(OCC)cc2)n1-c1ccccc1F. The van der Waals surface area contributed by atoms with Crippen LogP contribution in [0, 0.1) is 5.82 Å². The summed E-state index contributed by atoms with van der Waals surface area (Å²) >= 11 is 1.49. The summed E-state index contributed by atoms with van der Waals surface area (Å²) in [7, 11) is 0. The average Bonchev–Trinajstić information content (AvgIpc) is 3.10. The van der Waals surface area contributed by atoms with Gasteiger partial charge in [-0.15, -0.1) is 10.2 Å². The molecule has 0 N–H and O–H groups in total. The molecule has 0 fully saturated rings. The number of aromatic nitrogens is 3. The maximum Gasteiger partial charge on any atom is 0.196 e. The molecule has 142 valence electrons. The fourth-order valence-electron chi connectivity index (χ4n) is 2.60. The lowest BCUT2D eigenvalue weighted by molar-refractivity contribution is 0.164. The van der Waals surface area contributed by atoms with Crippen molar-refractivity contribution in [2.24, 2.45) is 0 Å². The molecule has 27 heavy (non-hydrogen) atoms. The molecule has 1 aromatic heterocycles. The lowest BCUT2D eigenvalue weighted by Crippen LogP contribution is -2.04. The Labute approximate surface area is 162 Å². The van der Waals surface area contributed by atoms with Gasteiger partial charge in [-0.2, -0.15) is 0 Å². The van der Waals surface area contributed by atoms with Gasteiger partial charge in [-0.1, -0.05) is 23.9 Å². The van der Waals surface area contributed by atoms with Crippen LogP contribution in [-0.4, -0.2) is 40.3 Å². The molecular formula is C20H22FN3O2S. The van der Waals surface area contributed by atoms with E-state index >= 15 is 0 Å². The second-order valence-electron chi connectivity index (χ2n) is 5.60. The molecule has 0 radical (unpaired) electrons. The molecule has 3 aromatic rings. The van der Waals surface area contributed by atoms with Crippen LogP contribution in [0.3, 0.4) is 0 Å². The van der Waals surface area contributed by atoms with Gasteiger partial charge in [0.05, 0.1) is 18.9 Å². The molecule has 3 rings (SSSR count). The Morgan fingerprint density at radius 2 is 1.78 bits per heavy atom. The molecule has 1 heterocycles. The van der Waals surface area contributed by atoms with Crippen LogP contribution in [0.2, 0.25) is 0 Å². The summed E-state index contributed by atoms with van der Waals surface area (Å²) in [5.74, 6) is 1.76. The molecular weight excluding hydrogens is 365 g/mol.